The second kappa shape index (κ2) is 4.34. The van der Waals surface area contributed by atoms with Crippen LogP contribution in [0.5, 0.6) is 0 Å². The highest BCUT2D eigenvalue weighted by molar-refractivity contribution is 14.1. The van der Waals surface area contributed by atoms with Crippen molar-refractivity contribution in [3.05, 3.63) is 27.3 Å². The van der Waals surface area contributed by atoms with Gasteiger partial charge in [-0.25, -0.2) is 0 Å². The van der Waals surface area contributed by atoms with Gasteiger partial charge in [-0.15, -0.1) is 0 Å². The van der Waals surface area contributed by atoms with Crippen LogP contribution in [-0.4, -0.2) is 11.8 Å². The molecule has 5 fully saturated rings. The highest BCUT2D eigenvalue weighted by Gasteiger charge is 2.68. The number of nitrogens with zero attached hydrogens (tertiary/aromatic N) is 1. The fourth-order valence-corrected chi connectivity index (χ4v) is 6.01. The predicted octanol–water partition coefficient (Wildman–Crippen LogP) is 3.38. The first kappa shape index (κ1) is 13.5. The number of halogens is 1. The summed E-state index contributed by atoms with van der Waals surface area (Å²) in [6.07, 6.45) is 3.59. The molecule has 1 heterocycles. The number of amides is 2. The number of anilines is 1. The number of carbonyl (C=O) groups excluding carboxylic acids is 2. The second-order valence-electron chi connectivity index (χ2n) is 7.47. The molecule has 5 aliphatic rings. The largest absolute Gasteiger partial charge is 0.274 e. The van der Waals surface area contributed by atoms with Gasteiger partial charge in [0.15, 0.2) is 0 Å². The summed E-state index contributed by atoms with van der Waals surface area (Å²) in [6, 6.07) is 5.91. The first-order valence-corrected chi connectivity index (χ1v) is 9.30. The molecule has 114 valence electrons. The number of hydrogen-bond donors (Lipinski definition) is 0. The molecule has 6 unspecified atom stereocenters. The monoisotopic (exact) mass is 407 g/mol. The van der Waals surface area contributed by atoms with E-state index in [-0.39, 0.29) is 23.7 Å². The van der Waals surface area contributed by atoms with Gasteiger partial charge < -0.3 is 0 Å². The van der Waals surface area contributed by atoms with Gasteiger partial charge in [0.1, 0.15) is 0 Å². The number of aryl methyl sites for hydroxylation is 1. The van der Waals surface area contributed by atoms with E-state index in [2.05, 4.69) is 22.6 Å². The minimum atomic E-state index is -0.0195. The molecule has 4 saturated carbocycles. The van der Waals surface area contributed by atoms with Gasteiger partial charge in [0.25, 0.3) is 0 Å². The molecule has 1 aromatic rings. The molecule has 0 N–H and O–H groups in total. The van der Waals surface area contributed by atoms with Gasteiger partial charge in [-0.1, -0.05) is 6.07 Å². The van der Waals surface area contributed by atoms with Crippen LogP contribution in [0.15, 0.2) is 18.2 Å². The molecule has 22 heavy (non-hydrogen) atoms. The standard InChI is InChI=1S/C18H18INO2/c1-8-2-3-9(6-14(8)19)20-17(21)15-10-4-5-11(13-7-12(10)13)16(15)18(20)22/h2-3,6,10-13,15-16H,4-5,7H2,1H3. The van der Waals surface area contributed by atoms with E-state index in [1.54, 1.807) is 0 Å². The van der Waals surface area contributed by atoms with E-state index >= 15 is 0 Å². The summed E-state index contributed by atoms with van der Waals surface area (Å²) < 4.78 is 1.11. The SMILES string of the molecule is Cc1ccc(N2C(=O)C3C4CCC(C5CC54)C3C2=O)cc1I. The molecule has 6 atom stereocenters. The van der Waals surface area contributed by atoms with Gasteiger partial charge in [-0.05, 0) is 90.1 Å². The molecule has 6 rings (SSSR count). The quantitative estimate of drug-likeness (QED) is 0.529. The maximum absolute atomic E-state index is 13.0. The molecule has 4 heteroatoms. The molecule has 0 radical (unpaired) electrons. The van der Waals surface area contributed by atoms with E-state index in [0.717, 1.165) is 33.9 Å². The Hall–Kier alpha value is -0.910. The number of fused-ring (bicyclic) bond motifs is 1. The van der Waals surface area contributed by atoms with Crippen molar-refractivity contribution in [3.63, 3.8) is 0 Å². The van der Waals surface area contributed by atoms with Crippen molar-refractivity contribution in [1.82, 2.24) is 0 Å². The molecule has 2 amide bonds. The Labute approximate surface area is 143 Å². The van der Waals surface area contributed by atoms with E-state index in [1.807, 2.05) is 25.1 Å². The van der Waals surface area contributed by atoms with E-state index in [9.17, 15) is 9.59 Å². The lowest BCUT2D eigenvalue weighted by Crippen LogP contribution is -2.43. The molecular weight excluding hydrogens is 389 g/mol. The first-order chi connectivity index (χ1) is 10.6. The number of rotatable bonds is 1. The third kappa shape index (κ3) is 1.57. The van der Waals surface area contributed by atoms with Crippen molar-refractivity contribution >= 4 is 40.1 Å². The predicted molar refractivity (Wildman–Crippen MR) is 91.2 cm³/mol. The van der Waals surface area contributed by atoms with Crippen LogP contribution in [0.1, 0.15) is 24.8 Å². The molecule has 4 aliphatic carbocycles. The van der Waals surface area contributed by atoms with Crippen LogP contribution in [0.3, 0.4) is 0 Å². The Morgan fingerprint density at radius 2 is 1.59 bits per heavy atom. The summed E-state index contributed by atoms with van der Waals surface area (Å²) in [5.41, 5.74) is 1.95. The summed E-state index contributed by atoms with van der Waals surface area (Å²) in [6.45, 7) is 2.05. The van der Waals surface area contributed by atoms with Crippen LogP contribution >= 0.6 is 22.6 Å². The molecule has 0 aromatic heterocycles. The van der Waals surface area contributed by atoms with Gasteiger partial charge in [0.05, 0.1) is 17.5 Å². The van der Waals surface area contributed by atoms with Crippen LogP contribution in [0.2, 0.25) is 0 Å². The smallest absolute Gasteiger partial charge is 0.237 e. The fourth-order valence-electron chi connectivity index (χ4n) is 5.51. The topological polar surface area (TPSA) is 37.4 Å². The average molecular weight is 407 g/mol. The van der Waals surface area contributed by atoms with Gasteiger partial charge in [-0.3, -0.25) is 14.5 Å². The van der Waals surface area contributed by atoms with E-state index < -0.39 is 0 Å². The number of benzene rings is 1. The lowest BCUT2D eigenvalue weighted by atomic mass is 9.59. The van der Waals surface area contributed by atoms with Crippen LogP contribution in [0, 0.1) is 46.0 Å². The first-order valence-electron chi connectivity index (χ1n) is 8.22. The minimum Gasteiger partial charge on any atom is -0.274 e. The van der Waals surface area contributed by atoms with Gasteiger partial charge >= 0.3 is 0 Å². The molecule has 0 spiro atoms. The number of hydrogen-bond acceptors (Lipinski definition) is 2. The summed E-state index contributed by atoms with van der Waals surface area (Å²) >= 11 is 2.27. The third-order valence-corrected chi connectivity index (χ3v) is 7.72. The van der Waals surface area contributed by atoms with Crippen LogP contribution in [0.25, 0.3) is 0 Å². The highest BCUT2D eigenvalue weighted by atomic mass is 127. The maximum Gasteiger partial charge on any atom is 0.237 e. The van der Waals surface area contributed by atoms with Crippen molar-refractivity contribution in [2.45, 2.75) is 26.2 Å². The molecule has 1 aliphatic heterocycles. The van der Waals surface area contributed by atoms with Gasteiger partial charge in [-0.2, -0.15) is 0 Å². The summed E-state index contributed by atoms with van der Waals surface area (Å²) in [5.74, 6) is 2.56. The number of carbonyl (C=O) groups is 2. The van der Waals surface area contributed by atoms with E-state index in [1.165, 1.54) is 16.9 Å². The Morgan fingerprint density at radius 3 is 2.14 bits per heavy atom. The third-order valence-electron chi connectivity index (χ3n) is 6.56. The van der Waals surface area contributed by atoms with Crippen LogP contribution in [0.4, 0.5) is 5.69 Å². The van der Waals surface area contributed by atoms with Crippen molar-refractivity contribution < 1.29 is 9.59 Å². The number of imide groups is 1. The average Bonchev–Trinajstić information content (AvgIpc) is 3.28. The fraction of sp³-hybridized carbons (Fsp3) is 0.556. The molecular formula is C18H18INO2. The van der Waals surface area contributed by atoms with Crippen molar-refractivity contribution in [2.75, 3.05) is 4.90 Å². The van der Waals surface area contributed by atoms with E-state index in [0.29, 0.717) is 11.8 Å². The Balaban J connectivity index is 1.57. The Bertz CT molecular complexity index is 681. The maximum atomic E-state index is 13.0. The van der Waals surface area contributed by atoms with Crippen LogP contribution < -0.4 is 4.90 Å². The zero-order valence-corrected chi connectivity index (χ0v) is 14.6. The van der Waals surface area contributed by atoms with Crippen molar-refractivity contribution in [1.29, 1.82) is 0 Å². The minimum absolute atomic E-state index is 0.0195. The van der Waals surface area contributed by atoms with E-state index in [4.69, 9.17) is 0 Å². The summed E-state index contributed by atoms with van der Waals surface area (Å²) in [4.78, 5) is 27.5. The molecule has 2 bridgehead atoms. The molecule has 3 nitrogen and oxygen atoms in total. The van der Waals surface area contributed by atoms with Crippen molar-refractivity contribution in [2.24, 2.45) is 35.5 Å². The summed E-state index contributed by atoms with van der Waals surface area (Å²) in [7, 11) is 0. The molecule has 1 saturated heterocycles. The van der Waals surface area contributed by atoms with Crippen molar-refractivity contribution in [3.8, 4) is 0 Å². The lowest BCUT2D eigenvalue weighted by Gasteiger charge is -2.42. The zero-order valence-electron chi connectivity index (χ0n) is 12.5. The van der Waals surface area contributed by atoms with Crippen LogP contribution in [-0.2, 0) is 9.59 Å². The lowest BCUT2D eigenvalue weighted by molar-refractivity contribution is -0.129. The zero-order chi connectivity index (χ0) is 15.2. The normalized spacial score (nSPS) is 41.6. The van der Waals surface area contributed by atoms with Gasteiger partial charge in [0.2, 0.25) is 11.8 Å². The highest BCUT2D eigenvalue weighted by Crippen LogP contribution is 2.68. The van der Waals surface area contributed by atoms with Gasteiger partial charge in [0, 0.05) is 3.57 Å². The summed E-state index contributed by atoms with van der Waals surface area (Å²) in [5, 5.41) is 0. The molecule has 1 aromatic carbocycles. The Kier molecular flexibility index (Phi) is 2.67. The second-order valence-corrected chi connectivity index (χ2v) is 8.63. The Morgan fingerprint density at radius 1 is 1.00 bits per heavy atom.